The van der Waals surface area contributed by atoms with Gasteiger partial charge in [0.2, 0.25) is 5.91 Å². The molecule has 1 N–H and O–H groups in total. The second-order valence-corrected chi connectivity index (χ2v) is 6.67. The van der Waals surface area contributed by atoms with Gasteiger partial charge in [0.15, 0.2) is 5.65 Å². The number of benzene rings is 1. The molecule has 0 spiro atoms. The van der Waals surface area contributed by atoms with E-state index in [1.54, 1.807) is 41.1 Å². The van der Waals surface area contributed by atoms with Gasteiger partial charge in [-0.1, -0.05) is 0 Å². The molecular formula is C19H18N4O4. The molecule has 1 aliphatic heterocycles. The number of aromatic nitrogens is 3. The zero-order valence-electron chi connectivity index (χ0n) is 14.9. The highest BCUT2D eigenvalue weighted by molar-refractivity contribution is 5.96. The van der Waals surface area contributed by atoms with E-state index in [9.17, 15) is 14.4 Å². The zero-order valence-corrected chi connectivity index (χ0v) is 14.9. The number of esters is 1. The smallest absolute Gasteiger partial charge is 0.338 e. The lowest BCUT2D eigenvalue weighted by Gasteiger charge is -2.07. The Balaban J connectivity index is 1.62. The zero-order chi connectivity index (χ0) is 19.1. The van der Waals surface area contributed by atoms with Gasteiger partial charge < -0.3 is 10.1 Å². The molecule has 138 valence electrons. The monoisotopic (exact) mass is 366 g/mol. The molecule has 4 rings (SSSR count). The van der Waals surface area contributed by atoms with E-state index in [0.717, 1.165) is 5.56 Å². The Labute approximate surface area is 154 Å². The Kier molecular flexibility index (Phi) is 4.02. The summed E-state index contributed by atoms with van der Waals surface area (Å²) in [6, 6.07) is 8.41. The number of imidazole rings is 1. The summed E-state index contributed by atoms with van der Waals surface area (Å²) in [6.07, 6.45) is 1.62. The van der Waals surface area contributed by atoms with E-state index >= 15 is 0 Å². The first-order valence-electron chi connectivity index (χ1n) is 8.61. The maximum absolute atomic E-state index is 12.8. The van der Waals surface area contributed by atoms with Crippen molar-refractivity contribution < 1.29 is 14.3 Å². The molecule has 8 nitrogen and oxygen atoms in total. The minimum atomic E-state index is -0.358. The van der Waals surface area contributed by atoms with Crippen LogP contribution >= 0.6 is 0 Å². The lowest BCUT2D eigenvalue weighted by molar-refractivity contribution is -0.116. The van der Waals surface area contributed by atoms with Gasteiger partial charge in [-0.2, -0.15) is 0 Å². The number of pyridine rings is 1. The number of amides is 1. The minimum Gasteiger partial charge on any atom is -0.457 e. The van der Waals surface area contributed by atoms with E-state index in [-0.39, 0.29) is 36.8 Å². The first kappa shape index (κ1) is 17.0. The third-order valence-electron chi connectivity index (χ3n) is 4.51. The van der Waals surface area contributed by atoms with E-state index in [1.807, 2.05) is 13.8 Å². The van der Waals surface area contributed by atoms with Crippen molar-refractivity contribution in [2.75, 3.05) is 5.32 Å². The van der Waals surface area contributed by atoms with Gasteiger partial charge in [0.25, 0.3) is 0 Å². The van der Waals surface area contributed by atoms with Crippen LogP contribution in [0.4, 0.5) is 5.69 Å². The molecule has 0 saturated heterocycles. The molecule has 27 heavy (non-hydrogen) atoms. The minimum absolute atomic E-state index is 0.0755. The number of nitrogens with zero attached hydrogens (tertiary/aromatic N) is 3. The first-order valence-corrected chi connectivity index (χ1v) is 8.61. The number of fused-ring (bicyclic) bond motifs is 2. The van der Waals surface area contributed by atoms with Crippen LogP contribution in [-0.4, -0.2) is 26.0 Å². The van der Waals surface area contributed by atoms with Gasteiger partial charge in [0.05, 0.1) is 11.1 Å². The Bertz CT molecular complexity index is 1130. The van der Waals surface area contributed by atoms with E-state index in [4.69, 9.17) is 4.74 Å². The molecule has 0 aliphatic carbocycles. The van der Waals surface area contributed by atoms with Crippen LogP contribution in [0.15, 0.2) is 41.3 Å². The van der Waals surface area contributed by atoms with Crippen LogP contribution in [-0.2, 0) is 22.7 Å². The van der Waals surface area contributed by atoms with Crippen LogP contribution < -0.4 is 11.0 Å². The molecule has 3 aromatic rings. The van der Waals surface area contributed by atoms with Crippen molar-refractivity contribution >= 4 is 28.7 Å². The molecular weight excluding hydrogens is 348 g/mol. The number of hydrogen-bond acceptors (Lipinski definition) is 5. The number of nitrogens with one attached hydrogen (secondary N) is 1. The van der Waals surface area contributed by atoms with Gasteiger partial charge in [-0.15, -0.1) is 0 Å². The van der Waals surface area contributed by atoms with Crippen LogP contribution in [0.3, 0.4) is 0 Å². The third kappa shape index (κ3) is 2.88. The Morgan fingerprint density at radius 1 is 1.30 bits per heavy atom. The molecule has 1 amide bonds. The summed E-state index contributed by atoms with van der Waals surface area (Å²) in [6.45, 7) is 3.86. The molecule has 1 aromatic carbocycles. The normalized spacial score (nSPS) is 13.1. The number of carbonyl (C=O) groups is 2. The predicted octanol–water partition coefficient (Wildman–Crippen LogP) is 2.09. The Morgan fingerprint density at radius 2 is 2.11 bits per heavy atom. The van der Waals surface area contributed by atoms with Gasteiger partial charge in [0.1, 0.15) is 13.2 Å². The highest BCUT2D eigenvalue weighted by atomic mass is 16.5. The van der Waals surface area contributed by atoms with Gasteiger partial charge in [-0.05, 0) is 44.2 Å². The summed E-state index contributed by atoms with van der Waals surface area (Å²) < 4.78 is 7.95. The predicted molar refractivity (Wildman–Crippen MR) is 98.6 cm³/mol. The molecule has 0 unspecified atom stereocenters. The molecule has 8 heteroatoms. The molecule has 0 saturated carbocycles. The lowest BCUT2D eigenvalue weighted by atomic mass is 10.1. The molecule has 2 aromatic heterocycles. The fourth-order valence-electron chi connectivity index (χ4n) is 3.28. The standard InChI is InChI=1S/C19H18N4O4/c1-11(2)23-17-15(4-3-7-20-17)22(19(23)26)9-16(24)21-13-5-6-14-12(8-13)10-27-18(14)25/h3-8,11H,9-10H2,1-2H3,(H,21,24). The lowest BCUT2D eigenvalue weighted by Crippen LogP contribution is -2.30. The molecule has 3 heterocycles. The molecule has 0 bridgehead atoms. The van der Waals surface area contributed by atoms with Gasteiger partial charge in [0, 0.05) is 23.5 Å². The van der Waals surface area contributed by atoms with E-state index in [1.165, 1.54) is 4.57 Å². The first-order chi connectivity index (χ1) is 13.0. The summed E-state index contributed by atoms with van der Waals surface area (Å²) in [7, 11) is 0. The van der Waals surface area contributed by atoms with Crippen molar-refractivity contribution in [1.82, 2.24) is 14.1 Å². The Hall–Kier alpha value is -3.42. The van der Waals surface area contributed by atoms with Crippen molar-refractivity contribution in [3.8, 4) is 0 Å². The number of anilines is 1. The largest absolute Gasteiger partial charge is 0.457 e. The number of rotatable bonds is 4. The number of hydrogen-bond donors (Lipinski definition) is 1. The average molecular weight is 366 g/mol. The van der Waals surface area contributed by atoms with Crippen LogP contribution in [0.2, 0.25) is 0 Å². The molecule has 0 atom stereocenters. The van der Waals surface area contributed by atoms with Crippen LogP contribution in [0, 0.1) is 0 Å². The van der Waals surface area contributed by atoms with Crippen molar-refractivity contribution in [3.05, 3.63) is 58.1 Å². The van der Waals surface area contributed by atoms with E-state index < -0.39 is 0 Å². The van der Waals surface area contributed by atoms with Crippen molar-refractivity contribution in [3.63, 3.8) is 0 Å². The van der Waals surface area contributed by atoms with Crippen molar-refractivity contribution in [2.45, 2.75) is 33.0 Å². The topological polar surface area (TPSA) is 95.2 Å². The summed E-state index contributed by atoms with van der Waals surface area (Å²) in [4.78, 5) is 41.1. The van der Waals surface area contributed by atoms with E-state index in [0.29, 0.717) is 22.4 Å². The second-order valence-electron chi connectivity index (χ2n) is 6.67. The number of carbonyl (C=O) groups excluding carboxylic acids is 2. The quantitative estimate of drug-likeness (QED) is 0.714. The maximum atomic E-state index is 12.8. The fourth-order valence-corrected chi connectivity index (χ4v) is 3.28. The van der Waals surface area contributed by atoms with Gasteiger partial charge >= 0.3 is 11.7 Å². The van der Waals surface area contributed by atoms with Crippen LogP contribution in [0.1, 0.15) is 35.8 Å². The van der Waals surface area contributed by atoms with Gasteiger partial charge in [-0.25, -0.2) is 14.6 Å². The average Bonchev–Trinajstić information content (AvgIpc) is 3.13. The second kappa shape index (κ2) is 6.39. The highest BCUT2D eigenvalue weighted by Crippen LogP contribution is 2.23. The summed E-state index contributed by atoms with van der Waals surface area (Å²) >= 11 is 0. The van der Waals surface area contributed by atoms with Crippen LogP contribution in [0.5, 0.6) is 0 Å². The highest BCUT2D eigenvalue weighted by Gasteiger charge is 2.22. The van der Waals surface area contributed by atoms with Crippen molar-refractivity contribution in [2.24, 2.45) is 0 Å². The molecule has 0 fully saturated rings. The Morgan fingerprint density at radius 3 is 2.89 bits per heavy atom. The molecule has 1 aliphatic rings. The van der Waals surface area contributed by atoms with Crippen molar-refractivity contribution in [1.29, 1.82) is 0 Å². The summed E-state index contributed by atoms with van der Waals surface area (Å²) in [5.41, 5.74) is 2.68. The number of ether oxygens (including phenoxy) is 1. The van der Waals surface area contributed by atoms with Crippen LogP contribution in [0.25, 0.3) is 11.2 Å². The SMILES string of the molecule is CC(C)n1c(=O)n(CC(=O)Nc2ccc3c(c2)COC3=O)c2cccnc21. The summed E-state index contributed by atoms with van der Waals surface area (Å²) in [5, 5.41) is 2.77. The molecule has 0 radical (unpaired) electrons. The van der Waals surface area contributed by atoms with Gasteiger partial charge in [-0.3, -0.25) is 13.9 Å². The summed E-state index contributed by atoms with van der Waals surface area (Å²) in [5.74, 6) is -0.697. The van der Waals surface area contributed by atoms with E-state index in [2.05, 4.69) is 10.3 Å². The number of cyclic esters (lactones) is 1. The fraction of sp³-hybridized carbons (Fsp3) is 0.263. The maximum Gasteiger partial charge on any atom is 0.338 e. The third-order valence-corrected chi connectivity index (χ3v) is 4.51.